The van der Waals surface area contributed by atoms with E-state index in [1.165, 1.54) is 12.3 Å². The number of halogens is 2. The van der Waals surface area contributed by atoms with Crippen LogP contribution in [0, 0.1) is 5.92 Å². The molecule has 21 heavy (non-hydrogen) atoms. The highest BCUT2D eigenvalue weighted by molar-refractivity contribution is 6.35. The van der Waals surface area contributed by atoms with Crippen molar-refractivity contribution in [3.8, 4) is 0 Å². The molecule has 1 fully saturated rings. The van der Waals surface area contributed by atoms with Gasteiger partial charge in [-0.05, 0) is 18.9 Å². The van der Waals surface area contributed by atoms with Gasteiger partial charge in [-0.2, -0.15) is 0 Å². The number of amides is 1. The smallest absolute Gasteiger partial charge is 0.308 e. The van der Waals surface area contributed by atoms with Crippen LogP contribution in [0.2, 0.25) is 10.2 Å². The van der Waals surface area contributed by atoms with E-state index >= 15 is 0 Å². The van der Waals surface area contributed by atoms with Crippen LogP contribution in [0.4, 0.5) is 0 Å². The Hall–Kier alpha value is -1.33. The molecular formula is C14H16Cl2N2O3. The number of nitrogens with one attached hydrogen (secondary N) is 1. The molecular weight excluding hydrogens is 315 g/mol. The number of carboxylic acid groups (broad SMARTS) is 1. The van der Waals surface area contributed by atoms with Crippen LogP contribution in [0.25, 0.3) is 0 Å². The van der Waals surface area contributed by atoms with Crippen molar-refractivity contribution >= 4 is 35.1 Å². The van der Waals surface area contributed by atoms with Crippen molar-refractivity contribution < 1.29 is 14.7 Å². The second-order valence-electron chi connectivity index (χ2n) is 5.15. The average Bonchev–Trinajstić information content (AvgIpc) is 2.67. The highest BCUT2D eigenvalue weighted by Gasteiger charge is 2.31. The van der Waals surface area contributed by atoms with Gasteiger partial charge in [-0.15, -0.1) is 0 Å². The predicted molar refractivity (Wildman–Crippen MR) is 79.7 cm³/mol. The molecule has 0 radical (unpaired) electrons. The fourth-order valence-electron chi connectivity index (χ4n) is 2.61. The summed E-state index contributed by atoms with van der Waals surface area (Å²) in [5.41, 5.74) is 0.213. The second kappa shape index (κ2) is 7.09. The van der Waals surface area contributed by atoms with Crippen LogP contribution < -0.4 is 5.32 Å². The summed E-state index contributed by atoms with van der Waals surface area (Å²) in [5, 5.41) is 12.5. The third-order valence-electron chi connectivity index (χ3n) is 3.72. The Kier molecular flexibility index (Phi) is 5.42. The van der Waals surface area contributed by atoms with E-state index in [2.05, 4.69) is 10.3 Å². The number of hydrogen-bond acceptors (Lipinski definition) is 3. The molecule has 0 aliphatic heterocycles. The van der Waals surface area contributed by atoms with Gasteiger partial charge in [0, 0.05) is 12.2 Å². The monoisotopic (exact) mass is 330 g/mol. The van der Waals surface area contributed by atoms with Gasteiger partial charge >= 0.3 is 5.97 Å². The predicted octanol–water partition coefficient (Wildman–Crippen LogP) is 3.15. The summed E-state index contributed by atoms with van der Waals surface area (Å²) in [6.45, 7) is 0. The number of carbonyl (C=O) groups is 2. The first-order valence-electron chi connectivity index (χ1n) is 6.83. The SMILES string of the molecule is O=C(NC1CCCCCC1C(=O)O)c1cc(Cl)ncc1Cl. The Labute approximate surface area is 132 Å². The van der Waals surface area contributed by atoms with Gasteiger partial charge in [-0.1, -0.05) is 42.5 Å². The van der Waals surface area contributed by atoms with Crippen LogP contribution in [0.5, 0.6) is 0 Å². The lowest BCUT2D eigenvalue weighted by molar-refractivity contribution is -0.142. The molecule has 1 aliphatic rings. The van der Waals surface area contributed by atoms with Crippen molar-refractivity contribution in [2.75, 3.05) is 0 Å². The van der Waals surface area contributed by atoms with Crippen molar-refractivity contribution in [2.45, 2.75) is 38.1 Å². The molecule has 1 saturated carbocycles. The third kappa shape index (κ3) is 4.08. The molecule has 0 aromatic carbocycles. The van der Waals surface area contributed by atoms with Gasteiger partial charge in [0.25, 0.3) is 5.91 Å². The maximum Gasteiger partial charge on any atom is 0.308 e. The number of rotatable bonds is 3. The first kappa shape index (κ1) is 16.0. The Balaban J connectivity index is 2.16. The molecule has 1 aromatic heterocycles. The normalized spacial score (nSPS) is 22.4. The molecule has 1 aromatic rings. The Morgan fingerprint density at radius 1 is 1.24 bits per heavy atom. The summed E-state index contributed by atoms with van der Waals surface area (Å²) < 4.78 is 0. The van der Waals surface area contributed by atoms with E-state index < -0.39 is 17.8 Å². The zero-order valence-electron chi connectivity index (χ0n) is 11.3. The number of nitrogens with zero attached hydrogens (tertiary/aromatic N) is 1. The Bertz CT molecular complexity index is 551. The summed E-state index contributed by atoms with van der Waals surface area (Å²) in [4.78, 5) is 27.4. The number of hydrogen-bond donors (Lipinski definition) is 2. The molecule has 2 N–H and O–H groups in total. The fourth-order valence-corrected chi connectivity index (χ4v) is 2.96. The fraction of sp³-hybridized carbons (Fsp3) is 0.500. The number of aliphatic carboxylic acids is 1. The molecule has 7 heteroatoms. The highest BCUT2D eigenvalue weighted by Crippen LogP contribution is 2.25. The topological polar surface area (TPSA) is 79.3 Å². The Morgan fingerprint density at radius 2 is 1.95 bits per heavy atom. The lowest BCUT2D eigenvalue weighted by Crippen LogP contribution is -2.42. The summed E-state index contributed by atoms with van der Waals surface area (Å²) in [7, 11) is 0. The van der Waals surface area contributed by atoms with Crippen molar-refractivity contribution in [2.24, 2.45) is 5.92 Å². The quantitative estimate of drug-likeness (QED) is 0.659. The molecule has 1 aliphatic carbocycles. The second-order valence-corrected chi connectivity index (χ2v) is 5.94. The van der Waals surface area contributed by atoms with E-state index in [0.29, 0.717) is 12.8 Å². The van der Waals surface area contributed by atoms with Gasteiger partial charge in [0.05, 0.1) is 16.5 Å². The van der Waals surface area contributed by atoms with Gasteiger partial charge in [0.2, 0.25) is 0 Å². The van der Waals surface area contributed by atoms with E-state index in [4.69, 9.17) is 23.2 Å². The van der Waals surface area contributed by atoms with Gasteiger partial charge in [0.15, 0.2) is 0 Å². The average molecular weight is 331 g/mol. The molecule has 0 spiro atoms. The lowest BCUT2D eigenvalue weighted by Gasteiger charge is -2.23. The van der Waals surface area contributed by atoms with Crippen LogP contribution in [-0.2, 0) is 4.79 Å². The van der Waals surface area contributed by atoms with Gasteiger partial charge < -0.3 is 10.4 Å². The number of aromatic nitrogens is 1. The number of carbonyl (C=O) groups excluding carboxylic acids is 1. The molecule has 5 nitrogen and oxygen atoms in total. The van der Waals surface area contributed by atoms with Crippen LogP contribution in [0.1, 0.15) is 42.5 Å². The van der Waals surface area contributed by atoms with Gasteiger partial charge in [-0.25, -0.2) is 4.98 Å². The first-order valence-corrected chi connectivity index (χ1v) is 7.59. The largest absolute Gasteiger partial charge is 0.481 e. The third-order valence-corrected chi connectivity index (χ3v) is 4.22. The molecule has 2 atom stereocenters. The van der Waals surface area contributed by atoms with E-state index in [-0.39, 0.29) is 21.8 Å². The minimum Gasteiger partial charge on any atom is -0.481 e. The van der Waals surface area contributed by atoms with Crippen LogP contribution >= 0.6 is 23.2 Å². The van der Waals surface area contributed by atoms with Crippen molar-refractivity contribution in [3.05, 3.63) is 28.0 Å². The van der Waals surface area contributed by atoms with Gasteiger partial charge in [-0.3, -0.25) is 9.59 Å². The molecule has 2 unspecified atom stereocenters. The van der Waals surface area contributed by atoms with Gasteiger partial charge in [0.1, 0.15) is 5.15 Å². The standard InChI is InChI=1S/C14H16Cl2N2O3/c15-10-7-17-12(16)6-9(10)13(19)18-11-5-3-1-2-4-8(11)14(20)21/h6-8,11H,1-5H2,(H,18,19)(H,20,21). The highest BCUT2D eigenvalue weighted by atomic mass is 35.5. The summed E-state index contributed by atoms with van der Waals surface area (Å²) in [5.74, 6) is -1.85. The summed E-state index contributed by atoms with van der Waals surface area (Å²) in [6.07, 6.45) is 5.29. The van der Waals surface area contributed by atoms with Crippen molar-refractivity contribution in [1.82, 2.24) is 10.3 Å². The number of carboxylic acids is 1. The summed E-state index contributed by atoms with van der Waals surface area (Å²) >= 11 is 11.7. The maximum absolute atomic E-state index is 12.3. The maximum atomic E-state index is 12.3. The molecule has 1 amide bonds. The van der Waals surface area contributed by atoms with E-state index in [9.17, 15) is 14.7 Å². The zero-order valence-corrected chi connectivity index (χ0v) is 12.8. The molecule has 1 heterocycles. The van der Waals surface area contributed by atoms with Crippen LogP contribution in [-0.4, -0.2) is 28.0 Å². The van der Waals surface area contributed by atoms with Crippen molar-refractivity contribution in [3.63, 3.8) is 0 Å². The zero-order chi connectivity index (χ0) is 15.4. The minimum absolute atomic E-state index is 0.167. The molecule has 0 bridgehead atoms. The molecule has 114 valence electrons. The van der Waals surface area contributed by atoms with Crippen LogP contribution in [0.15, 0.2) is 12.3 Å². The lowest BCUT2D eigenvalue weighted by atomic mass is 9.94. The summed E-state index contributed by atoms with van der Waals surface area (Å²) in [6, 6.07) is 0.992. The molecule has 2 rings (SSSR count). The van der Waals surface area contributed by atoms with E-state index in [0.717, 1.165) is 19.3 Å². The first-order chi connectivity index (χ1) is 9.99. The van der Waals surface area contributed by atoms with Crippen molar-refractivity contribution in [1.29, 1.82) is 0 Å². The van der Waals surface area contributed by atoms with E-state index in [1.807, 2.05) is 0 Å². The number of pyridine rings is 1. The minimum atomic E-state index is -0.874. The van der Waals surface area contributed by atoms with E-state index in [1.54, 1.807) is 0 Å². The van der Waals surface area contributed by atoms with Crippen LogP contribution in [0.3, 0.4) is 0 Å². The Morgan fingerprint density at radius 3 is 2.67 bits per heavy atom. The molecule has 0 saturated heterocycles.